The van der Waals surface area contributed by atoms with Crippen molar-refractivity contribution in [3.8, 4) is 0 Å². The van der Waals surface area contributed by atoms with E-state index in [9.17, 15) is 0 Å². The van der Waals surface area contributed by atoms with Crippen LogP contribution in [0, 0.1) is 5.92 Å². The smallest absolute Gasteiger partial charge is 0.163 e. The molecule has 0 aromatic heterocycles. The van der Waals surface area contributed by atoms with Gasteiger partial charge in [0.25, 0.3) is 0 Å². The van der Waals surface area contributed by atoms with Crippen LogP contribution in [0.5, 0.6) is 0 Å². The molecule has 0 aromatic rings. The van der Waals surface area contributed by atoms with Crippen molar-refractivity contribution in [1.82, 2.24) is 0 Å². The third-order valence-electron chi connectivity index (χ3n) is 2.43. The lowest BCUT2D eigenvalue weighted by Gasteiger charge is -2.18. The van der Waals surface area contributed by atoms with E-state index < -0.39 is 0 Å². The zero-order valence-electron chi connectivity index (χ0n) is 7.66. The minimum atomic E-state index is 0.0220. The zero-order chi connectivity index (χ0) is 8.55. The predicted octanol–water partition coefficient (Wildman–Crippen LogP) is 1.17. The third-order valence-corrected chi connectivity index (χ3v) is 2.43. The standard InChI is InChI=1S/C9H16O3/c1-6(2)12-8-5-11-9-7(8)3-4-10-9/h6-9H,3-5H2,1-2H3. The molecule has 0 aromatic carbocycles. The second kappa shape index (κ2) is 3.32. The van der Waals surface area contributed by atoms with Crippen LogP contribution in [0.15, 0.2) is 0 Å². The topological polar surface area (TPSA) is 27.7 Å². The molecule has 0 aliphatic carbocycles. The van der Waals surface area contributed by atoms with Gasteiger partial charge in [0, 0.05) is 5.92 Å². The van der Waals surface area contributed by atoms with Crippen LogP contribution in [-0.4, -0.2) is 31.7 Å². The minimum Gasteiger partial charge on any atom is -0.373 e. The lowest BCUT2D eigenvalue weighted by molar-refractivity contribution is -0.0911. The van der Waals surface area contributed by atoms with Gasteiger partial charge in [0.05, 0.1) is 25.4 Å². The number of hydrogen-bond acceptors (Lipinski definition) is 3. The van der Waals surface area contributed by atoms with Gasteiger partial charge in [-0.05, 0) is 20.3 Å². The highest BCUT2D eigenvalue weighted by atomic mass is 16.7. The molecule has 0 amide bonds. The van der Waals surface area contributed by atoms with Gasteiger partial charge in [-0.1, -0.05) is 0 Å². The fraction of sp³-hybridized carbons (Fsp3) is 1.00. The maximum Gasteiger partial charge on any atom is 0.163 e. The van der Waals surface area contributed by atoms with Gasteiger partial charge in [0.2, 0.25) is 0 Å². The number of fused-ring (bicyclic) bond motifs is 1. The molecule has 0 radical (unpaired) electrons. The Labute approximate surface area is 73.0 Å². The first-order valence-corrected chi connectivity index (χ1v) is 4.66. The fourth-order valence-corrected chi connectivity index (χ4v) is 1.92. The van der Waals surface area contributed by atoms with Gasteiger partial charge >= 0.3 is 0 Å². The molecule has 3 atom stereocenters. The van der Waals surface area contributed by atoms with E-state index in [4.69, 9.17) is 14.2 Å². The molecule has 0 N–H and O–H groups in total. The largest absolute Gasteiger partial charge is 0.373 e. The monoisotopic (exact) mass is 172 g/mol. The van der Waals surface area contributed by atoms with Crippen molar-refractivity contribution in [1.29, 1.82) is 0 Å². The first-order valence-electron chi connectivity index (χ1n) is 4.66. The molecule has 3 nitrogen and oxygen atoms in total. The van der Waals surface area contributed by atoms with Crippen LogP contribution < -0.4 is 0 Å². The third kappa shape index (κ3) is 1.49. The summed E-state index contributed by atoms with van der Waals surface area (Å²) in [6, 6.07) is 0. The second-order valence-corrected chi connectivity index (χ2v) is 3.75. The molecule has 3 heteroatoms. The molecule has 2 aliphatic rings. The van der Waals surface area contributed by atoms with Crippen LogP contribution in [0.4, 0.5) is 0 Å². The van der Waals surface area contributed by atoms with Gasteiger partial charge in [0.15, 0.2) is 6.29 Å². The first kappa shape index (κ1) is 8.48. The summed E-state index contributed by atoms with van der Waals surface area (Å²) in [6.45, 7) is 5.65. The molecule has 0 bridgehead atoms. The van der Waals surface area contributed by atoms with Crippen molar-refractivity contribution in [3.05, 3.63) is 0 Å². The molecule has 2 aliphatic heterocycles. The quantitative estimate of drug-likeness (QED) is 0.626. The fourth-order valence-electron chi connectivity index (χ4n) is 1.92. The average molecular weight is 172 g/mol. The highest BCUT2D eigenvalue weighted by Gasteiger charge is 2.42. The second-order valence-electron chi connectivity index (χ2n) is 3.75. The van der Waals surface area contributed by atoms with Gasteiger partial charge in [-0.25, -0.2) is 0 Å². The van der Waals surface area contributed by atoms with Gasteiger partial charge in [-0.3, -0.25) is 0 Å². The number of hydrogen-bond donors (Lipinski definition) is 0. The summed E-state index contributed by atoms with van der Waals surface area (Å²) < 4.78 is 16.5. The summed E-state index contributed by atoms with van der Waals surface area (Å²) in [5.41, 5.74) is 0. The molecule has 3 unspecified atom stereocenters. The highest BCUT2D eigenvalue weighted by Crippen LogP contribution is 2.33. The molecule has 2 rings (SSSR count). The van der Waals surface area contributed by atoms with Gasteiger partial charge in [-0.15, -0.1) is 0 Å². The summed E-state index contributed by atoms with van der Waals surface area (Å²) >= 11 is 0. The lowest BCUT2D eigenvalue weighted by Crippen LogP contribution is -2.26. The Balaban J connectivity index is 1.91. The van der Waals surface area contributed by atoms with Crippen LogP contribution >= 0.6 is 0 Å². The normalized spacial score (nSPS) is 40.8. The molecular formula is C9H16O3. The van der Waals surface area contributed by atoms with Crippen LogP contribution in [0.25, 0.3) is 0 Å². The van der Waals surface area contributed by atoms with Crippen LogP contribution in [0.1, 0.15) is 20.3 Å². The Morgan fingerprint density at radius 1 is 1.33 bits per heavy atom. The zero-order valence-corrected chi connectivity index (χ0v) is 7.66. The Bertz CT molecular complexity index is 158. The predicted molar refractivity (Wildman–Crippen MR) is 43.8 cm³/mol. The molecule has 2 fully saturated rings. The summed E-state index contributed by atoms with van der Waals surface area (Å²) in [4.78, 5) is 0. The average Bonchev–Trinajstić information content (AvgIpc) is 2.52. The molecule has 0 saturated carbocycles. The van der Waals surface area contributed by atoms with E-state index >= 15 is 0 Å². The minimum absolute atomic E-state index is 0.0220. The van der Waals surface area contributed by atoms with Gasteiger partial charge in [-0.2, -0.15) is 0 Å². The first-order chi connectivity index (χ1) is 5.77. The molecule has 0 spiro atoms. The summed E-state index contributed by atoms with van der Waals surface area (Å²) in [6.07, 6.45) is 1.66. The van der Waals surface area contributed by atoms with Crippen molar-refractivity contribution in [2.24, 2.45) is 5.92 Å². The van der Waals surface area contributed by atoms with E-state index in [1.165, 1.54) is 0 Å². The molecule has 2 saturated heterocycles. The Hall–Kier alpha value is -0.120. The summed E-state index contributed by atoms with van der Waals surface area (Å²) in [5, 5.41) is 0. The van der Waals surface area contributed by atoms with Crippen molar-refractivity contribution >= 4 is 0 Å². The van der Waals surface area contributed by atoms with Crippen molar-refractivity contribution in [3.63, 3.8) is 0 Å². The van der Waals surface area contributed by atoms with Crippen molar-refractivity contribution in [2.75, 3.05) is 13.2 Å². The van der Waals surface area contributed by atoms with E-state index in [1.54, 1.807) is 0 Å². The van der Waals surface area contributed by atoms with Crippen LogP contribution in [-0.2, 0) is 14.2 Å². The van der Waals surface area contributed by atoms with Crippen LogP contribution in [0.3, 0.4) is 0 Å². The SMILES string of the molecule is CC(C)OC1COC2OCCC12. The maximum absolute atomic E-state index is 5.72. The van der Waals surface area contributed by atoms with E-state index in [1.807, 2.05) is 0 Å². The Kier molecular flexibility index (Phi) is 2.35. The van der Waals surface area contributed by atoms with Crippen LogP contribution in [0.2, 0.25) is 0 Å². The number of ether oxygens (including phenoxy) is 3. The number of rotatable bonds is 2. The molecule has 2 heterocycles. The Morgan fingerprint density at radius 2 is 2.17 bits per heavy atom. The van der Waals surface area contributed by atoms with E-state index in [0.29, 0.717) is 12.5 Å². The van der Waals surface area contributed by atoms with Crippen molar-refractivity contribution < 1.29 is 14.2 Å². The van der Waals surface area contributed by atoms with Gasteiger partial charge < -0.3 is 14.2 Å². The van der Waals surface area contributed by atoms with E-state index in [2.05, 4.69) is 13.8 Å². The van der Waals surface area contributed by atoms with E-state index in [-0.39, 0.29) is 18.5 Å². The van der Waals surface area contributed by atoms with E-state index in [0.717, 1.165) is 13.0 Å². The Morgan fingerprint density at radius 3 is 2.92 bits per heavy atom. The summed E-state index contributed by atoms with van der Waals surface area (Å²) in [7, 11) is 0. The summed E-state index contributed by atoms with van der Waals surface area (Å²) in [5.74, 6) is 0.479. The maximum atomic E-state index is 5.72. The lowest BCUT2D eigenvalue weighted by atomic mass is 10.0. The molecular weight excluding hydrogens is 156 g/mol. The van der Waals surface area contributed by atoms with Gasteiger partial charge in [0.1, 0.15) is 0 Å². The molecule has 12 heavy (non-hydrogen) atoms. The highest BCUT2D eigenvalue weighted by molar-refractivity contribution is 4.83. The van der Waals surface area contributed by atoms with Crippen molar-refractivity contribution in [2.45, 2.75) is 38.8 Å². The molecule has 70 valence electrons.